The number of unbranched alkanes of at least 4 members (excludes halogenated alkanes) is 1. The van der Waals surface area contributed by atoms with Crippen LogP contribution in [-0.4, -0.2) is 16.1 Å². The molecule has 0 aromatic rings. The molecule has 0 aliphatic heterocycles. The summed E-state index contributed by atoms with van der Waals surface area (Å²) in [7, 11) is -1.92. The van der Waals surface area contributed by atoms with Crippen molar-refractivity contribution in [2.75, 3.05) is 0 Å². The Labute approximate surface area is 104 Å². The molecule has 0 bridgehead atoms. The lowest BCUT2D eigenvalue weighted by atomic mass is 10.3. The Hall–Kier alpha value is -0.446. The first kappa shape index (κ1) is 15.6. The zero-order chi connectivity index (χ0) is 12.7. The SMILES string of the molecule is C[Si](C)(C)CC#CCCC#CC[Si](C)(C)C. The maximum Gasteiger partial charge on any atom is 0.0573 e. The lowest BCUT2D eigenvalue weighted by molar-refractivity contribution is 1.12. The summed E-state index contributed by atoms with van der Waals surface area (Å²) in [6.07, 6.45) is 1.90. The number of hydrogen-bond donors (Lipinski definition) is 0. The van der Waals surface area contributed by atoms with Gasteiger partial charge < -0.3 is 0 Å². The highest BCUT2D eigenvalue weighted by Crippen LogP contribution is 2.06. The zero-order valence-electron chi connectivity index (χ0n) is 11.8. The van der Waals surface area contributed by atoms with Crippen molar-refractivity contribution in [2.45, 2.75) is 64.2 Å². The summed E-state index contributed by atoms with van der Waals surface area (Å²) in [4.78, 5) is 0. The summed E-state index contributed by atoms with van der Waals surface area (Å²) in [5.74, 6) is 13.0. The normalized spacial score (nSPS) is 11.1. The molecule has 0 aromatic carbocycles. The third kappa shape index (κ3) is 13.6. The van der Waals surface area contributed by atoms with E-state index < -0.39 is 16.1 Å². The topological polar surface area (TPSA) is 0 Å². The average molecular weight is 251 g/mol. The molecule has 0 aliphatic carbocycles. The second-order valence-electron chi connectivity index (χ2n) is 6.68. The van der Waals surface area contributed by atoms with Crippen LogP contribution in [0.15, 0.2) is 0 Å². The van der Waals surface area contributed by atoms with Crippen LogP contribution < -0.4 is 0 Å². The van der Waals surface area contributed by atoms with Gasteiger partial charge in [0.1, 0.15) is 0 Å². The van der Waals surface area contributed by atoms with Crippen LogP contribution in [-0.2, 0) is 0 Å². The second kappa shape index (κ2) is 6.99. The minimum atomic E-state index is -0.962. The monoisotopic (exact) mass is 250 g/mol. The van der Waals surface area contributed by atoms with Crippen molar-refractivity contribution in [3.63, 3.8) is 0 Å². The number of hydrogen-bond acceptors (Lipinski definition) is 0. The molecule has 0 saturated heterocycles. The van der Waals surface area contributed by atoms with Crippen LogP contribution in [0.3, 0.4) is 0 Å². The molecule has 0 nitrogen and oxygen atoms in total. The van der Waals surface area contributed by atoms with Crippen molar-refractivity contribution in [1.29, 1.82) is 0 Å². The minimum Gasteiger partial charge on any atom is -0.106 e. The highest BCUT2D eigenvalue weighted by molar-refractivity contribution is 6.77. The molecule has 0 atom stereocenters. The summed E-state index contributed by atoms with van der Waals surface area (Å²) in [6, 6.07) is 2.24. The summed E-state index contributed by atoms with van der Waals surface area (Å²) in [6.45, 7) is 14.1. The minimum absolute atomic E-state index is 0.948. The fourth-order valence-electron chi connectivity index (χ4n) is 0.957. The molecule has 0 unspecified atom stereocenters. The van der Waals surface area contributed by atoms with Crippen molar-refractivity contribution >= 4 is 16.1 Å². The molecule has 0 aliphatic rings. The van der Waals surface area contributed by atoms with E-state index in [1.54, 1.807) is 0 Å². The maximum atomic E-state index is 3.29. The largest absolute Gasteiger partial charge is 0.106 e. The van der Waals surface area contributed by atoms with Gasteiger partial charge in [-0.1, -0.05) is 39.3 Å². The highest BCUT2D eigenvalue weighted by Gasteiger charge is 2.10. The lowest BCUT2D eigenvalue weighted by Gasteiger charge is -2.09. The molecule has 16 heavy (non-hydrogen) atoms. The van der Waals surface area contributed by atoms with Crippen molar-refractivity contribution in [2.24, 2.45) is 0 Å². The van der Waals surface area contributed by atoms with Gasteiger partial charge >= 0.3 is 0 Å². The Bertz CT molecular complexity index is 273. The maximum absolute atomic E-state index is 3.29. The van der Waals surface area contributed by atoms with Gasteiger partial charge in [0.15, 0.2) is 0 Å². The van der Waals surface area contributed by atoms with Crippen molar-refractivity contribution < 1.29 is 0 Å². The van der Waals surface area contributed by atoms with E-state index in [1.807, 2.05) is 0 Å². The van der Waals surface area contributed by atoms with Gasteiger partial charge in [-0.3, -0.25) is 0 Å². The van der Waals surface area contributed by atoms with Gasteiger partial charge in [0, 0.05) is 24.9 Å². The van der Waals surface area contributed by atoms with Crippen molar-refractivity contribution in [3.8, 4) is 23.7 Å². The van der Waals surface area contributed by atoms with Crippen molar-refractivity contribution in [3.05, 3.63) is 0 Å². The third-order valence-corrected chi connectivity index (χ3v) is 4.34. The van der Waals surface area contributed by atoms with Gasteiger partial charge in [-0.15, -0.1) is 23.7 Å². The van der Waals surface area contributed by atoms with Gasteiger partial charge in [-0.05, 0) is 0 Å². The van der Waals surface area contributed by atoms with E-state index in [1.165, 1.54) is 0 Å². The molecular formula is C14H26Si2. The van der Waals surface area contributed by atoms with E-state index in [4.69, 9.17) is 0 Å². The third-order valence-electron chi connectivity index (χ3n) is 1.86. The molecule has 0 radical (unpaired) electrons. The van der Waals surface area contributed by atoms with E-state index in [2.05, 4.69) is 63.0 Å². The first-order valence-electron chi connectivity index (χ1n) is 6.12. The van der Waals surface area contributed by atoms with Gasteiger partial charge in [0.25, 0.3) is 0 Å². The van der Waals surface area contributed by atoms with E-state index in [0.717, 1.165) is 24.9 Å². The highest BCUT2D eigenvalue weighted by atomic mass is 28.3. The fraction of sp³-hybridized carbons (Fsp3) is 0.714. The molecule has 0 amide bonds. The predicted molar refractivity (Wildman–Crippen MR) is 81.1 cm³/mol. The first-order chi connectivity index (χ1) is 7.21. The smallest absolute Gasteiger partial charge is 0.0573 e. The Morgan fingerprint density at radius 1 is 0.562 bits per heavy atom. The average Bonchev–Trinajstić information content (AvgIpc) is 2.06. The molecule has 0 spiro atoms. The van der Waals surface area contributed by atoms with Crippen LogP contribution in [0.4, 0.5) is 0 Å². The first-order valence-corrected chi connectivity index (χ1v) is 13.5. The molecular weight excluding hydrogens is 224 g/mol. The van der Waals surface area contributed by atoms with Crippen LogP contribution in [0.25, 0.3) is 0 Å². The summed E-state index contributed by atoms with van der Waals surface area (Å²) in [5, 5.41) is 0. The van der Waals surface area contributed by atoms with Gasteiger partial charge in [0.05, 0.1) is 16.1 Å². The van der Waals surface area contributed by atoms with Crippen LogP contribution in [0, 0.1) is 23.7 Å². The predicted octanol–water partition coefficient (Wildman–Crippen LogP) is 4.45. The van der Waals surface area contributed by atoms with E-state index in [9.17, 15) is 0 Å². The molecule has 0 saturated carbocycles. The second-order valence-corrected chi connectivity index (χ2v) is 17.6. The van der Waals surface area contributed by atoms with E-state index in [-0.39, 0.29) is 0 Å². The molecule has 0 aromatic heterocycles. The van der Waals surface area contributed by atoms with Crippen LogP contribution in [0.5, 0.6) is 0 Å². The molecule has 0 fully saturated rings. The van der Waals surface area contributed by atoms with E-state index >= 15 is 0 Å². The number of rotatable bonds is 3. The van der Waals surface area contributed by atoms with Gasteiger partial charge in [-0.2, -0.15) is 0 Å². The Balaban J connectivity index is 3.68. The summed E-state index contributed by atoms with van der Waals surface area (Å²) < 4.78 is 0. The summed E-state index contributed by atoms with van der Waals surface area (Å²) >= 11 is 0. The standard InChI is InChI=1S/C14H26Si2/c1-15(2,3)13-11-9-7-8-10-12-14-16(4,5)6/h7-8,13-14H2,1-6H3. The lowest BCUT2D eigenvalue weighted by Crippen LogP contribution is -2.17. The fourth-order valence-corrected chi connectivity index (χ4v) is 2.27. The van der Waals surface area contributed by atoms with Crippen molar-refractivity contribution in [1.82, 2.24) is 0 Å². The Kier molecular flexibility index (Phi) is 6.80. The van der Waals surface area contributed by atoms with E-state index in [0.29, 0.717) is 0 Å². The van der Waals surface area contributed by atoms with Crippen LogP contribution in [0.2, 0.25) is 51.4 Å². The Morgan fingerprint density at radius 3 is 1.12 bits per heavy atom. The van der Waals surface area contributed by atoms with Gasteiger partial charge in [0.2, 0.25) is 0 Å². The quantitative estimate of drug-likeness (QED) is 0.394. The molecule has 0 rings (SSSR count). The molecule has 2 heteroatoms. The van der Waals surface area contributed by atoms with Crippen LogP contribution in [0.1, 0.15) is 12.8 Å². The molecule has 90 valence electrons. The Morgan fingerprint density at radius 2 is 0.875 bits per heavy atom. The molecule has 0 heterocycles. The van der Waals surface area contributed by atoms with Gasteiger partial charge in [-0.25, -0.2) is 0 Å². The van der Waals surface area contributed by atoms with Crippen LogP contribution >= 0.6 is 0 Å². The molecule has 0 N–H and O–H groups in total. The summed E-state index contributed by atoms with van der Waals surface area (Å²) in [5.41, 5.74) is 0. The zero-order valence-corrected chi connectivity index (χ0v) is 13.8.